The van der Waals surface area contributed by atoms with Crippen molar-refractivity contribution in [2.75, 3.05) is 7.05 Å². The first-order chi connectivity index (χ1) is 10.9. The van der Waals surface area contributed by atoms with Crippen LogP contribution in [0.1, 0.15) is 46.8 Å². The molecule has 0 spiro atoms. The molecule has 23 heavy (non-hydrogen) atoms. The Kier molecular flexibility index (Phi) is 4.25. The van der Waals surface area contributed by atoms with Gasteiger partial charge in [0.1, 0.15) is 0 Å². The maximum Gasteiger partial charge on any atom is 0.337 e. The molecular weight excluding hydrogens is 308 g/mol. The summed E-state index contributed by atoms with van der Waals surface area (Å²) < 4.78 is 0. The predicted octanol–water partition coefficient (Wildman–Crippen LogP) is 3.74. The first-order valence-electron chi connectivity index (χ1n) is 7.90. The normalized spacial score (nSPS) is 16.1. The monoisotopic (exact) mass is 330 g/mol. The van der Waals surface area contributed by atoms with E-state index in [4.69, 9.17) is 0 Å². The van der Waals surface area contributed by atoms with Crippen molar-refractivity contribution in [1.82, 2.24) is 10.3 Å². The van der Waals surface area contributed by atoms with E-state index >= 15 is 0 Å². The second-order valence-electron chi connectivity index (χ2n) is 6.90. The maximum atomic E-state index is 11.9. The van der Waals surface area contributed by atoms with E-state index in [0.29, 0.717) is 12.1 Å². The maximum absolute atomic E-state index is 11.9. The van der Waals surface area contributed by atoms with Gasteiger partial charge in [0.05, 0.1) is 21.8 Å². The Morgan fingerprint density at radius 3 is 2.91 bits per heavy atom. The highest BCUT2D eigenvalue weighted by Crippen LogP contribution is 2.44. The molecule has 2 aromatic rings. The fourth-order valence-corrected chi connectivity index (χ4v) is 4.49. The number of carboxylic acid groups (broad SMARTS) is 1. The summed E-state index contributed by atoms with van der Waals surface area (Å²) in [5.74, 6) is -0.837. The molecule has 2 N–H and O–H groups in total. The third-order valence-electron chi connectivity index (χ3n) is 4.39. The van der Waals surface area contributed by atoms with Gasteiger partial charge in [-0.3, -0.25) is 4.98 Å². The summed E-state index contributed by atoms with van der Waals surface area (Å²) in [6.45, 7) is 5.10. The minimum absolute atomic E-state index is 0.164. The Labute approximate surface area is 140 Å². The fraction of sp³-hybridized carbons (Fsp3) is 0.444. The van der Waals surface area contributed by atoms with Gasteiger partial charge in [0.15, 0.2) is 0 Å². The van der Waals surface area contributed by atoms with E-state index in [0.717, 1.165) is 41.1 Å². The highest BCUT2D eigenvalue weighted by atomic mass is 32.1. The number of carbonyl (C=O) groups is 1. The van der Waals surface area contributed by atoms with E-state index in [2.05, 4.69) is 24.1 Å². The minimum Gasteiger partial charge on any atom is -0.478 e. The summed E-state index contributed by atoms with van der Waals surface area (Å²) in [7, 11) is 1.88. The van der Waals surface area contributed by atoms with Gasteiger partial charge < -0.3 is 10.4 Å². The molecule has 2 aromatic heterocycles. The Morgan fingerprint density at radius 1 is 1.43 bits per heavy atom. The largest absolute Gasteiger partial charge is 0.478 e. The standard InChI is InChI=1S/C18H22N2O2S/c1-18(2)8-7-14-12(9-18)15(17(21)22)16(23-14)13-6-4-5-11(20-13)10-19-3/h4-6,19H,7-10H2,1-3H3,(H,21,22). The number of hydrogen-bond donors (Lipinski definition) is 2. The zero-order valence-electron chi connectivity index (χ0n) is 13.8. The Bertz CT molecular complexity index is 749. The summed E-state index contributed by atoms with van der Waals surface area (Å²) in [6, 6.07) is 5.81. The second kappa shape index (κ2) is 6.06. The molecule has 5 heteroatoms. The molecule has 0 unspecified atom stereocenters. The van der Waals surface area contributed by atoms with Gasteiger partial charge in [-0.25, -0.2) is 4.79 Å². The number of pyridine rings is 1. The molecule has 0 bridgehead atoms. The SMILES string of the molecule is CNCc1cccc(-c2sc3c(c2C(=O)O)CC(C)(C)CC3)n1. The molecule has 0 atom stereocenters. The average molecular weight is 330 g/mol. The number of fused-ring (bicyclic) bond motifs is 1. The zero-order chi connectivity index (χ0) is 16.6. The highest BCUT2D eigenvalue weighted by Gasteiger charge is 2.33. The van der Waals surface area contributed by atoms with E-state index in [9.17, 15) is 9.90 Å². The van der Waals surface area contributed by atoms with Crippen LogP contribution in [0.3, 0.4) is 0 Å². The van der Waals surface area contributed by atoms with E-state index in [-0.39, 0.29) is 5.41 Å². The van der Waals surface area contributed by atoms with Crippen LogP contribution in [-0.4, -0.2) is 23.1 Å². The van der Waals surface area contributed by atoms with Crippen molar-refractivity contribution >= 4 is 17.3 Å². The van der Waals surface area contributed by atoms with Crippen molar-refractivity contribution in [2.45, 2.75) is 39.7 Å². The Balaban J connectivity index is 2.12. The minimum atomic E-state index is -0.837. The van der Waals surface area contributed by atoms with Crippen LogP contribution in [0, 0.1) is 5.41 Å². The van der Waals surface area contributed by atoms with Crippen LogP contribution in [0.25, 0.3) is 10.6 Å². The molecule has 0 amide bonds. The van der Waals surface area contributed by atoms with E-state index in [1.807, 2.05) is 25.2 Å². The quantitative estimate of drug-likeness (QED) is 0.896. The molecule has 1 aliphatic rings. The fourth-order valence-electron chi connectivity index (χ4n) is 3.21. The third-order valence-corrected chi connectivity index (χ3v) is 5.70. The number of nitrogens with zero attached hydrogens (tertiary/aromatic N) is 1. The first kappa shape index (κ1) is 16.1. The first-order valence-corrected chi connectivity index (χ1v) is 8.72. The lowest BCUT2D eigenvalue weighted by Gasteiger charge is -2.29. The number of nitrogens with one attached hydrogen (secondary N) is 1. The van der Waals surface area contributed by atoms with Crippen molar-refractivity contribution in [3.8, 4) is 10.6 Å². The van der Waals surface area contributed by atoms with Crippen LogP contribution < -0.4 is 5.32 Å². The summed E-state index contributed by atoms with van der Waals surface area (Å²) in [4.78, 5) is 18.6. The molecule has 2 heterocycles. The van der Waals surface area contributed by atoms with Gasteiger partial charge in [-0.1, -0.05) is 19.9 Å². The van der Waals surface area contributed by atoms with E-state index in [1.54, 1.807) is 11.3 Å². The number of aryl methyl sites for hydroxylation is 1. The molecule has 3 rings (SSSR count). The number of thiophene rings is 1. The smallest absolute Gasteiger partial charge is 0.337 e. The molecule has 0 aromatic carbocycles. The zero-order valence-corrected chi connectivity index (χ0v) is 14.6. The average Bonchev–Trinajstić information content (AvgIpc) is 2.85. The van der Waals surface area contributed by atoms with Crippen LogP contribution in [0.4, 0.5) is 0 Å². The summed E-state index contributed by atoms with van der Waals surface area (Å²) in [6.07, 6.45) is 2.90. The van der Waals surface area contributed by atoms with Crippen LogP contribution in [0.5, 0.6) is 0 Å². The molecule has 122 valence electrons. The predicted molar refractivity (Wildman–Crippen MR) is 93.1 cm³/mol. The Hall–Kier alpha value is -1.72. The highest BCUT2D eigenvalue weighted by molar-refractivity contribution is 7.16. The van der Waals surface area contributed by atoms with Gasteiger partial charge >= 0.3 is 5.97 Å². The summed E-state index contributed by atoms with van der Waals surface area (Å²) in [5, 5.41) is 12.9. The molecule has 0 fully saturated rings. The number of aromatic nitrogens is 1. The lowest BCUT2D eigenvalue weighted by Crippen LogP contribution is -2.22. The Morgan fingerprint density at radius 2 is 2.22 bits per heavy atom. The molecule has 0 saturated heterocycles. The number of rotatable bonds is 4. The molecule has 4 nitrogen and oxygen atoms in total. The van der Waals surface area contributed by atoms with Gasteiger partial charge in [-0.05, 0) is 49.4 Å². The van der Waals surface area contributed by atoms with E-state index in [1.165, 1.54) is 4.88 Å². The van der Waals surface area contributed by atoms with Crippen molar-refractivity contribution in [1.29, 1.82) is 0 Å². The van der Waals surface area contributed by atoms with Gasteiger partial charge in [-0.2, -0.15) is 0 Å². The van der Waals surface area contributed by atoms with Crippen molar-refractivity contribution < 1.29 is 9.90 Å². The number of hydrogen-bond acceptors (Lipinski definition) is 4. The summed E-state index contributed by atoms with van der Waals surface area (Å²) in [5.41, 5.74) is 3.35. The van der Waals surface area contributed by atoms with Gasteiger partial charge in [0, 0.05) is 11.4 Å². The number of aromatic carboxylic acids is 1. The van der Waals surface area contributed by atoms with Crippen molar-refractivity contribution in [2.24, 2.45) is 5.41 Å². The van der Waals surface area contributed by atoms with Crippen LogP contribution in [-0.2, 0) is 19.4 Å². The van der Waals surface area contributed by atoms with Crippen LogP contribution in [0.2, 0.25) is 0 Å². The molecule has 0 aliphatic heterocycles. The van der Waals surface area contributed by atoms with Crippen LogP contribution in [0.15, 0.2) is 18.2 Å². The lowest BCUT2D eigenvalue weighted by atomic mass is 9.76. The molecule has 1 aliphatic carbocycles. The third kappa shape index (κ3) is 3.16. The van der Waals surface area contributed by atoms with Crippen molar-refractivity contribution in [3.63, 3.8) is 0 Å². The molecular formula is C18H22N2O2S. The summed E-state index contributed by atoms with van der Waals surface area (Å²) >= 11 is 1.61. The lowest BCUT2D eigenvalue weighted by molar-refractivity contribution is 0.0696. The van der Waals surface area contributed by atoms with Crippen molar-refractivity contribution in [3.05, 3.63) is 39.9 Å². The number of carboxylic acids is 1. The second-order valence-corrected chi connectivity index (χ2v) is 8.00. The van der Waals surface area contributed by atoms with Crippen LogP contribution >= 0.6 is 11.3 Å². The van der Waals surface area contributed by atoms with Gasteiger partial charge in [0.2, 0.25) is 0 Å². The van der Waals surface area contributed by atoms with Gasteiger partial charge in [-0.15, -0.1) is 11.3 Å². The molecule has 0 saturated carbocycles. The molecule has 0 radical (unpaired) electrons. The topological polar surface area (TPSA) is 62.2 Å². The van der Waals surface area contributed by atoms with Gasteiger partial charge in [0.25, 0.3) is 0 Å². The van der Waals surface area contributed by atoms with E-state index < -0.39 is 5.97 Å².